The van der Waals surface area contributed by atoms with Gasteiger partial charge in [0, 0.05) is 37.8 Å². The Morgan fingerprint density at radius 1 is 1.37 bits per heavy atom. The maximum atomic E-state index is 12.4. The quantitative estimate of drug-likeness (QED) is 0.455. The van der Waals surface area contributed by atoms with Gasteiger partial charge in [-0.25, -0.2) is 0 Å². The van der Waals surface area contributed by atoms with Crippen molar-refractivity contribution < 1.29 is 9.72 Å². The van der Waals surface area contributed by atoms with Crippen molar-refractivity contribution in [2.45, 2.75) is 26.2 Å². The molecule has 0 unspecified atom stereocenters. The van der Waals surface area contributed by atoms with Gasteiger partial charge in [0.05, 0.1) is 4.92 Å². The minimum Gasteiger partial charge on any atom is -0.366 e. The van der Waals surface area contributed by atoms with Crippen LogP contribution in [-0.2, 0) is 0 Å². The molecular weight excluding hydrogens is 368 g/mol. The van der Waals surface area contributed by atoms with Gasteiger partial charge in [-0.3, -0.25) is 14.9 Å². The summed E-state index contributed by atoms with van der Waals surface area (Å²) in [5.74, 6) is 0.381. The number of hydrogen-bond donors (Lipinski definition) is 2. The van der Waals surface area contributed by atoms with Crippen LogP contribution in [0.5, 0.6) is 0 Å². The van der Waals surface area contributed by atoms with E-state index in [1.807, 2.05) is 0 Å². The highest BCUT2D eigenvalue weighted by atomic mass is 35.5. The molecule has 1 fully saturated rings. The van der Waals surface area contributed by atoms with Gasteiger partial charge >= 0.3 is 0 Å². The molecule has 1 amide bonds. The SMILES string of the molecule is CC1CCN(c2ccc(C(=O)NCC3=CCNCC3)cc2[N+](=O)[O-])CC1.Cl. The molecule has 7 nitrogen and oxygen atoms in total. The average molecular weight is 395 g/mol. The predicted molar refractivity (Wildman–Crippen MR) is 109 cm³/mol. The number of carbonyl (C=O) groups excluding carboxylic acids is 1. The lowest BCUT2D eigenvalue weighted by molar-refractivity contribution is -0.384. The molecule has 2 aliphatic rings. The third kappa shape index (κ3) is 5.43. The van der Waals surface area contributed by atoms with Crippen molar-refractivity contribution in [3.63, 3.8) is 0 Å². The molecule has 0 saturated carbocycles. The van der Waals surface area contributed by atoms with Gasteiger partial charge in [-0.05, 0) is 43.9 Å². The number of halogens is 1. The number of nitrogens with zero attached hydrogens (tertiary/aromatic N) is 2. The van der Waals surface area contributed by atoms with Crippen LogP contribution in [0.15, 0.2) is 29.8 Å². The number of nitrogens with one attached hydrogen (secondary N) is 2. The predicted octanol–water partition coefficient (Wildman–Crippen LogP) is 2.90. The Bertz CT molecular complexity index is 715. The van der Waals surface area contributed by atoms with E-state index in [9.17, 15) is 14.9 Å². The Labute approximate surface area is 165 Å². The van der Waals surface area contributed by atoms with Crippen LogP contribution in [0.25, 0.3) is 0 Å². The number of nitro groups is 1. The van der Waals surface area contributed by atoms with E-state index in [1.54, 1.807) is 12.1 Å². The molecule has 0 bridgehead atoms. The first-order chi connectivity index (χ1) is 12.5. The van der Waals surface area contributed by atoms with Gasteiger partial charge in [0.15, 0.2) is 0 Å². The van der Waals surface area contributed by atoms with Crippen molar-refractivity contribution in [3.8, 4) is 0 Å². The number of benzene rings is 1. The molecule has 0 spiro atoms. The highest BCUT2D eigenvalue weighted by Gasteiger charge is 2.24. The first kappa shape index (κ1) is 21.2. The minimum atomic E-state index is -0.389. The number of nitro benzene ring substituents is 1. The van der Waals surface area contributed by atoms with E-state index in [4.69, 9.17) is 0 Å². The Hall–Kier alpha value is -2.12. The normalized spacial score (nSPS) is 17.7. The number of rotatable bonds is 5. The van der Waals surface area contributed by atoms with E-state index in [-0.39, 0.29) is 28.9 Å². The van der Waals surface area contributed by atoms with Crippen LogP contribution < -0.4 is 15.5 Å². The number of carbonyl (C=O) groups is 1. The van der Waals surface area contributed by atoms with Crippen LogP contribution in [0.3, 0.4) is 0 Å². The Kier molecular flexibility index (Phi) is 7.62. The zero-order valence-corrected chi connectivity index (χ0v) is 16.4. The molecule has 8 heteroatoms. The van der Waals surface area contributed by atoms with Gasteiger partial charge < -0.3 is 15.5 Å². The molecule has 2 N–H and O–H groups in total. The standard InChI is InChI=1S/C19H26N4O3.ClH/c1-14-6-10-22(11-7-14)17-3-2-16(12-18(17)23(25)26)19(24)21-13-15-4-8-20-9-5-15;/h2-4,12,14,20H,5-11,13H2,1H3,(H,21,24);1H. The fourth-order valence-corrected chi connectivity index (χ4v) is 3.45. The molecule has 2 aliphatic heterocycles. The van der Waals surface area contributed by atoms with E-state index in [2.05, 4.69) is 28.5 Å². The fraction of sp³-hybridized carbons (Fsp3) is 0.526. The first-order valence-corrected chi connectivity index (χ1v) is 9.25. The summed E-state index contributed by atoms with van der Waals surface area (Å²) in [4.78, 5) is 25.6. The van der Waals surface area contributed by atoms with Crippen LogP contribution in [0.4, 0.5) is 11.4 Å². The molecule has 2 heterocycles. The van der Waals surface area contributed by atoms with E-state index < -0.39 is 0 Å². The number of piperidine rings is 1. The molecular formula is C19H27ClN4O3. The van der Waals surface area contributed by atoms with Gasteiger partial charge in [0.1, 0.15) is 5.69 Å². The van der Waals surface area contributed by atoms with Crippen LogP contribution in [0, 0.1) is 16.0 Å². The third-order valence-corrected chi connectivity index (χ3v) is 5.19. The molecule has 3 rings (SSSR count). The summed E-state index contributed by atoms with van der Waals surface area (Å²) >= 11 is 0. The van der Waals surface area contributed by atoms with Gasteiger partial charge in [0.25, 0.3) is 11.6 Å². The Morgan fingerprint density at radius 2 is 2.11 bits per heavy atom. The van der Waals surface area contributed by atoms with Crippen LogP contribution in [-0.4, -0.2) is 43.6 Å². The summed E-state index contributed by atoms with van der Waals surface area (Å²) in [6, 6.07) is 4.80. The van der Waals surface area contributed by atoms with E-state index >= 15 is 0 Å². The summed E-state index contributed by atoms with van der Waals surface area (Å²) < 4.78 is 0. The Balaban J connectivity index is 0.00000261. The first-order valence-electron chi connectivity index (χ1n) is 9.25. The fourth-order valence-electron chi connectivity index (χ4n) is 3.45. The highest BCUT2D eigenvalue weighted by molar-refractivity contribution is 5.96. The lowest BCUT2D eigenvalue weighted by Gasteiger charge is -2.31. The Morgan fingerprint density at radius 3 is 2.74 bits per heavy atom. The number of anilines is 1. The average Bonchev–Trinajstić information content (AvgIpc) is 2.67. The lowest BCUT2D eigenvalue weighted by atomic mass is 9.98. The summed E-state index contributed by atoms with van der Waals surface area (Å²) in [7, 11) is 0. The molecule has 148 valence electrons. The van der Waals surface area contributed by atoms with Crippen molar-refractivity contribution >= 4 is 29.7 Å². The second-order valence-corrected chi connectivity index (χ2v) is 7.13. The molecule has 0 radical (unpaired) electrons. The smallest absolute Gasteiger partial charge is 0.293 e. The van der Waals surface area contributed by atoms with Crippen molar-refractivity contribution in [3.05, 3.63) is 45.5 Å². The van der Waals surface area contributed by atoms with Crippen LogP contribution in [0.2, 0.25) is 0 Å². The van der Waals surface area contributed by atoms with Gasteiger partial charge in [-0.15, -0.1) is 12.4 Å². The molecule has 0 atom stereocenters. The van der Waals surface area contributed by atoms with Crippen LogP contribution >= 0.6 is 12.4 Å². The second kappa shape index (κ2) is 9.71. The minimum absolute atomic E-state index is 0. The van der Waals surface area contributed by atoms with Crippen molar-refractivity contribution in [1.29, 1.82) is 0 Å². The molecule has 1 saturated heterocycles. The van der Waals surface area contributed by atoms with Crippen molar-refractivity contribution in [1.82, 2.24) is 10.6 Å². The third-order valence-electron chi connectivity index (χ3n) is 5.19. The zero-order chi connectivity index (χ0) is 18.5. The second-order valence-electron chi connectivity index (χ2n) is 7.13. The monoisotopic (exact) mass is 394 g/mol. The van der Waals surface area contributed by atoms with E-state index in [0.717, 1.165) is 45.4 Å². The van der Waals surface area contributed by atoms with Crippen molar-refractivity contribution in [2.24, 2.45) is 5.92 Å². The van der Waals surface area contributed by atoms with Crippen LogP contribution in [0.1, 0.15) is 36.5 Å². The lowest BCUT2D eigenvalue weighted by Crippen LogP contribution is -2.33. The summed E-state index contributed by atoms with van der Waals surface area (Å²) in [6.45, 7) is 6.05. The zero-order valence-electron chi connectivity index (χ0n) is 15.6. The molecule has 1 aromatic carbocycles. The maximum absolute atomic E-state index is 12.4. The van der Waals surface area contributed by atoms with Gasteiger partial charge in [0.2, 0.25) is 0 Å². The molecule has 1 aromatic rings. The molecule has 0 aromatic heterocycles. The number of amides is 1. The molecule has 27 heavy (non-hydrogen) atoms. The summed E-state index contributed by atoms with van der Waals surface area (Å²) in [5, 5.41) is 17.6. The van der Waals surface area contributed by atoms with E-state index in [0.29, 0.717) is 23.7 Å². The topological polar surface area (TPSA) is 87.5 Å². The van der Waals surface area contributed by atoms with E-state index in [1.165, 1.54) is 11.6 Å². The molecule has 0 aliphatic carbocycles. The van der Waals surface area contributed by atoms with Crippen molar-refractivity contribution in [2.75, 3.05) is 37.6 Å². The largest absolute Gasteiger partial charge is 0.366 e. The maximum Gasteiger partial charge on any atom is 0.293 e. The highest BCUT2D eigenvalue weighted by Crippen LogP contribution is 2.32. The summed E-state index contributed by atoms with van der Waals surface area (Å²) in [5.41, 5.74) is 2.14. The number of hydrogen-bond acceptors (Lipinski definition) is 5. The van der Waals surface area contributed by atoms with Gasteiger partial charge in [-0.2, -0.15) is 0 Å². The van der Waals surface area contributed by atoms with Gasteiger partial charge in [-0.1, -0.05) is 18.6 Å². The summed E-state index contributed by atoms with van der Waals surface area (Å²) in [6.07, 6.45) is 5.05.